The summed E-state index contributed by atoms with van der Waals surface area (Å²) in [5.41, 5.74) is -0.0509. The van der Waals surface area contributed by atoms with Gasteiger partial charge in [-0.3, -0.25) is 0 Å². The van der Waals surface area contributed by atoms with Gasteiger partial charge in [-0.15, -0.1) is 0 Å². The Morgan fingerprint density at radius 1 is 1.50 bits per heavy atom. The molecular weight excluding hydrogens is 285 g/mol. The third-order valence-corrected chi connectivity index (χ3v) is 3.81. The van der Waals surface area contributed by atoms with E-state index in [0.717, 1.165) is 0 Å². The van der Waals surface area contributed by atoms with Crippen molar-refractivity contribution in [3.8, 4) is 0 Å². The van der Waals surface area contributed by atoms with Crippen LogP contribution in [0.2, 0.25) is 5.15 Å². The van der Waals surface area contributed by atoms with Gasteiger partial charge >= 0.3 is 0 Å². The molecule has 0 spiro atoms. The standard InChI is InChI=1S/C9H7ClFN3O3S/c1-5-7(11)9(17-13-5)14-18(15,16)6-3-2-4-12-8(6)10/h2-4,14H,1H3. The Kier molecular flexibility index (Phi) is 3.22. The Balaban J connectivity index is 2.40. The van der Waals surface area contributed by atoms with Crippen LogP contribution in [0.25, 0.3) is 0 Å². The van der Waals surface area contributed by atoms with Crippen molar-refractivity contribution >= 4 is 27.5 Å². The van der Waals surface area contributed by atoms with Gasteiger partial charge in [-0.1, -0.05) is 16.8 Å². The van der Waals surface area contributed by atoms with Crippen LogP contribution in [-0.2, 0) is 10.0 Å². The summed E-state index contributed by atoms with van der Waals surface area (Å²) in [5.74, 6) is -1.47. The van der Waals surface area contributed by atoms with Crippen LogP contribution < -0.4 is 4.72 Å². The van der Waals surface area contributed by atoms with Crippen LogP contribution in [0.1, 0.15) is 5.69 Å². The molecule has 0 aromatic carbocycles. The van der Waals surface area contributed by atoms with Crippen molar-refractivity contribution in [2.75, 3.05) is 4.72 Å². The van der Waals surface area contributed by atoms with Crippen molar-refractivity contribution in [3.05, 3.63) is 35.0 Å². The van der Waals surface area contributed by atoms with E-state index in [1.165, 1.54) is 25.3 Å². The van der Waals surface area contributed by atoms with E-state index in [2.05, 4.69) is 14.7 Å². The molecule has 0 aliphatic carbocycles. The molecule has 2 rings (SSSR count). The van der Waals surface area contributed by atoms with Crippen LogP contribution in [-0.4, -0.2) is 18.6 Å². The average molecular weight is 292 g/mol. The van der Waals surface area contributed by atoms with E-state index in [9.17, 15) is 12.8 Å². The van der Waals surface area contributed by atoms with E-state index < -0.39 is 21.7 Å². The highest BCUT2D eigenvalue weighted by Gasteiger charge is 2.23. The number of rotatable bonds is 3. The lowest BCUT2D eigenvalue weighted by Crippen LogP contribution is -2.14. The highest BCUT2D eigenvalue weighted by Crippen LogP contribution is 2.23. The molecule has 0 bridgehead atoms. The first-order chi connectivity index (χ1) is 8.42. The lowest BCUT2D eigenvalue weighted by Gasteiger charge is -2.05. The summed E-state index contributed by atoms with van der Waals surface area (Å²) in [5, 5.41) is 3.07. The first-order valence-electron chi connectivity index (χ1n) is 4.67. The third-order valence-electron chi connectivity index (χ3n) is 2.03. The molecule has 0 radical (unpaired) electrons. The summed E-state index contributed by atoms with van der Waals surface area (Å²) in [6.45, 7) is 1.34. The van der Waals surface area contributed by atoms with E-state index in [1.54, 1.807) is 0 Å². The van der Waals surface area contributed by atoms with Crippen LogP contribution in [0.15, 0.2) is 27.7 Å². The summed E-state index contributed by atoms with van der Waals surface area (Å²) in [7, 11) is -4.07. The zero-order chi connectivity index (χ0) is 13.3. The van der Waals surface area contributed by atoms with E-state index in [1.807, 2.05) is 4.72 Å². The molecule has 0 saturated heterocycles. The molecular formula is C9H7ClFN3O3S. The molecule has 9 heteroatoms. The van der Waals surface area contributed by atoms with Crippen LogP contribution in [0.3, 0.4) is 0 Å². The molecule has 0 atom stereocenters. The number of anilines is 1. The van der Waals surface area contributed by atoms with E-state index in [-0.39, 0.29) is 15.7 Å². The number of sulfonamides is 1. The number of halogens is 2. The highest BCUT2D eigenvalue weighted by atomic mass is 35.5. The fourth-order valence-corrected chi connectivity index (χ4v) is 2.61. The Bertz CT molecular complexity index is 686. The Morgan fingerprint density at radius 2 is 2.22 bits per heavy atom. The van der Waals surface area contributed by atoms with Gasteiger partial charge in [0.1, 0.15) is 15.7 Å². The van der Waals surface area contributed by atoms with Crippen LogP contribution in [0.5, 0.6) is 0 Å². The normalized spacial score (nSPS) is 11.5. The minimum Gasteiger partial charge on any atom is -0.334 e. The summed E-state index contributed by atoms with van der Waals surface area (Å²) < 4.78 is 43.6. The van der Waals surface area contributed by atoms with Gasteiger partial charge in [0.2, 0.25) is 5.82 Å². The molecule has 18 heavy (non-hydrogen) atoms. The van der Waals surface area contributed by atoms with E-state index >= 15 is 0 Å². The lowest BCUT2D eigenvalue weighted by molar-refractivity contribution is 0.427. The van der Waals surface area contributed by atoms with Crippen LogP contribution in [0.4, 0.5) is 10.3 Å². The summed E-state index contributed by atoms with van der Waals surface area (Å²) >= 11 is 5.65. The van der Waals surface area contributed by atoms with Crippen molar-refractivity contribution in [2.45, 2.75) is 11.8 Å². The largest absolute Gasteiger partial charge is 0.334 e. The average Bonchev–Trinajstić information content (AvgIpc) is 2.61. The summed E-state index contributed by atoms with van der Waals surface area (Å²) in [6, 6.07) is 2.63. The number of hydrogen-bond acceptors (Lipinski definition) is 5. The molecule has 6 nitrogen and oxygen atoms in total. The Labute approximate surface area is 107 Å². The Hall–Kier alpha value is -1.67. The molecule has 0 fully saturated rings. The Morgan fingerprint density at radius 3 is 2.78 bits per heavy atom. The van der Waals surface area contributed by atoms with Crippen LogP contribution in [0, 0.1) is 12.7 Å². The maximum Gasteiger partial charge on any atom is 0.274 e. The monoisotopic (exact) mass is 291 g/mol. The zero-order valence-electron chi connectivity index (χ0n) is 9.02. The molecule has 0 aliphatic rings. The molecule has 2 aromatic heterocycles. The predicted molar refractivity (Wildman–Crippen MR) is 61.3 cm³/mol. The van der Waals surface area contributed by atoms with Crippen molar-refractivity contribution in [1.29, 1.82) is 0 Å². The molecule has 0 amide bonds. The lowest BCUT2D eigenvalue weighted by atomic mass is 10.4. The zero-order valence-corrected chi connectivity index (χ0v) is 10.6. The second-order valence-electron chi connectivity index (χ2n) is 3.31. The SMILES string of the molecule is Cc1noc(NS(=O)(=O)c2cccnc2Cl)c1F. The van der Waals surface area contributed by atoms with Gasteiger partial charge in [-0.2, -0.15) is 4.39 Å². The van der Waals surface area contributed by atoms with Gasteiger partial charge in [0.05, 0.1) is 0 Å². The minimum atomic E-state index is -4.07. The van der Waals surface area contributed by atoms with Gasteiger partial charge in [0.25, 0.3) is 15.9 Å². The summed E-state index contributed by atoms with van der Waals surface area (Å²) in [6.07, 6.45) is 1.33. The number of aryl methyl sites for hydroxylation is 1. The maximum absolute atomic E-state index is 13.4. The highest BCUT2D eigenvalue weighted by molar-refractivity contribution is 7.92. The molecule has 1 N–H and O–H groups in total. The molecule has 96 valence electrons. The minimum absolute atomic E-state index is 0.0509. The van der Waals surface area contributed by atoms with Crippen molar-refractivity contribution < 1.29 is 17.3 Å². The van der Waals surface area contributed by atoms with Gasteiger partial charge < -0.3 is 4.52 Å². The third kappa shape index (κ3) is 2.29. The molecule has 0 aliphatic heterocycles. The second-order valence-corrected chi connectivity index (χ2v) is 5.32. The van der Waals surface area contributed by atoms with Gasteiger partial charge in [-0.05, 0) is 19.1 Å². The van der Waals surface area contributed by atoms with Crippen molar-refractivity contribution in [3.63, 3.8) is 0 Å². The first-order valence-corrected chi connectivity index (χ1v) is 6.53. The topological polar surface area (TPSA) is 85.1 Å². The van der Waals surface area contributed by atoms with Gasteiger partial charge in [-0.25, -0.2) is 18.1 Å². The number of aromatic nitrogens is 2. The first kappa shape index (κ1) is 12.8. The number of pyridine rings is 1. The molecule has 0 unspecified atom stereocenters. The van der Waals surface area contributed by atoms with Gasteiger partial charge in [0, 0.05) is 6.20 Å². The summed E-state index contributed by atoms with van der Waals surface area (Å²) in [4.78, 5) is 3.34. The predicted octanol–water partition coefficient (Wildman–Crippen LogP) is 1.97. The van der Waals surface area contributed by atoms with Crippen LogP contribution >= 0.6 is 11.6 Å². The van der Waals surface area contributed by atoms with E-state index in [0.29, 0.717) is 0 Å². The quantitative estimate of drug-likeness (QED) is 0.874. The number of nitrogens with one attached hydrogen (secondary N) is 1. The van der Waals surface area contributed by atoms with Crippen molar-refractivity contribution in [1.82, 2.24) is 10.1 Å². The molecule has 0 saturated carbocycles. The van der Waals surface area contributed by atoms with Crippen molar-refractivity contribution in [2.24, 2.45) is 0 Å². The molecule has 2 aromatic rings. The maximum atomic E-state index is 13.4. The fourth-order valence-electron chi connectivity index (χ4n) is 1.17. The smallest absolute Gasteiger partial charge is 0.274 e. The van der Waals surface area contributed by atoms with E-state index in [4.69, 9.17) is 11.6 Å². The molecule has 2 heterocycles. The van der Waals surface area contributed by atoms with Gasteiger partial charge in [0.15, 0.2) is 0 Å². The number of hydrogen-bond donors (Lipinski definition) is 1. The number of nitrogens with zero attached hydrogens (tertiary/aromatic N) is 2. The second kappa shape index (κ2) is 4.54. The fraction of sp³-hybridized carbons (Fsp3) is 0.111.